The number of hydrogen-bond donors (Lipinski definition) is 0. The Morgan fingerprint density at radius 2 is 1.93 bits per heavy atom. The van der Waals surface area contributed by atoms with E-state index in [1.165, 1.54) is 6.07 Å². The van der Waals surface area contributed by atoms with Crippen LogP contribution in [0.3, 0.4) is 0 Å². The van der Waals surface area contributed by atoms with Crippen LogP contribution in [0.25, 0.3) is 0 Å². The van der Waals surface area contributed by atoms with Crippen molar-refractivity contribution in [3.05, 3.63) is 35.4 Å². The van der Waals surface area contributed by atoms with E-state index >= 15 is 0 Å². The van der Waals surface area contributed by atoms with Crippen molar-refractivity contribution in [3.8, 4) is 0 Å². The highest BCUT2D eigenvalue weighted by Gasteiger charge is 2.44. The fraction of sp³-hybridized carbons (Fsp3) is 0.400. The molecule has 1 aromatic rings. The molecule has 0 spiro atoms. The van der Waals surface area contributed by atoms with E-state index in [1.54, 1.807) is 18.2 Å². The van der Waals surface area contributed by atoms with Gasteiger partial charge in [-0.25, -0.2) is 0 Å². The molecule has 0 bridgehead atoms. The molecule has 1 aromatic carbocycles. The second kappa shape index (κ2) is 3.28. The van der Waals surface area contributed by atoms with Crippen molar-refractivity contribution in [2.75, 3.05) is 6.61 Å². The average Bonchev–Trinajstić information content (AvgIpc) is 2.15. The minimum Gasteiger partial charge on any atom is -0.364 e. The SMILES string of the molecule is FC(F)(F)C1OCCc2ccccc21. The van der Waals surface area contributed by atoms with E-state index < -0.39 is 12.3 Å². The molecule has 0 saturated heterocycles. The van der Waals surface area contributed by atoms with Gasteiger partial charge in [0, 0.05) is 0 Å². The first-order chi connectivity index (χ1) is 6.59. The summed E-state index contributed by atoms with van der Waals surface area (Å²) in [6.07, 6.45) is -5.49. The van der Waals surface area contributed by atoms with Crippen LogP contribution in [-0.4, -0.2) is 12.8 Å². The minimum atomic E-state index is -4.31. The molecule has 1 atom stereocenters. The van der Waals surface area contributed by atoms with Crippen LogP contribution in [0.5, 0.6) is 0 Å². The number of rotatable bonds is 0. The molecule has 1 nitrogen and oxygen atoms in total. The fourth-order valence-electron chi connectivity index (χ4n) is 1.66. The molecule has 0 saturated carbocycles. The number of halogens is 3. The van der Waals surface area contributed by atoms with Gasteiger partial charge >= 0.3 is 6.18 Å². The van der Waals surface area contributed by atoms with E-state index in [0.29, 0.717) is 6.42 Å². The third kappa shape index (κ3) is 1.62. The Labute approximate surface area is 79.5 Å². The van der Waals surface area contributed by atoms with Gasteiger partial charge in [0.1, 0.15) is 0 Å². The summed E-state index contributed by atoms with van der Waals surface area (Å²) in [5.41, 5.74) is 0.993. The second-order valence-electron chi connectivity index (χ2n) is 3.24. The Bertz CT molecular complexity index is 332. The maximum absolute atomic E-state index is 12.5. The molecule has 2 rings (SSSR count). The summed E-state index contributed by atoms with van der Waals surface area (Å²) in [6, 6.07) is 6.55. The van der Waals surface area contributed by atoms with Crippen LogP contribution in [0.1, 0.15) is 17.2 Å². The largest absolute Gasteiger partial charge is 0.418 e. The first-order valence-electron chi connectivity index (χ1n) is 4.35. The van der Waals surface area contributed by atoms with Crippen molar-refractivity contribution in [2.24, 2.45) is 0 Å². The lowest BCUT2D eigenvalue weighted by atomic mass is 9.97. The number of fused-ring (bicyclic) bond motifs is 1. The van der Waals surface area contributed by atoms with E-state index in [0.717, 1.165) is 5.56 Å². The standard InChI is InChI=1S/C10H9F3O/c11-10(12,13)9-8-4-2-1-3-7(8)5-6-14-9/h1-4,9H,5-6H2. The molecule has 0 amide bonds. The fourth-order valence-corrected chi connectivity index (χ4v) is 1.66. The number of benzene rings is 1. The molecule has 1 heterocycles. The van der Waals surface area contributed by atoms with Crippen LogP contribution in [0, 0.1) is 0 Å². The van der Waals surface area contributed by atoms with Crippen LogP contribution in [-0.2, 0) is 11.2 Å². The van der Waals surface area contributed by atoms with E-state index in [1.807, 2.05) is 0 Å². The Kier molecular flexibility index (Phi) is 2.23. The molecular formula is C10H9F3O. The molecule has 0 N–H and O–H groups in total. The maximum atomic E-state index is 12.5. The van der Waals surface area contributed by atoms with Crippen molar-refractivity contribution in [2.45, 2.75) is 18.7 Å². The topological polar surface area (TPSA) is 9.23 Å². The highest BCUT2D eigenvalue weighted by atomic mass is 19.4. The third-order valence-electron chi connectivity index (χ3n) is 2.29. The van der Waals surface area contributed by atoms with Gasteiger partial charge in [-0.1, -0.05) is 24.3 Å². The van der Waals surface area contributed by atoms with Gasteiger partial charge in [0.05, 0.1) is 6.61 Å². The summed E-state index contributed by atoms with van der Waals surface area (Å²) >= 11 is 0. The zero-order valence-electron chi connectivity index (χ0n) is 7.34. The summed E-state index contributed by atoms with van der Waals surface area (Å²) in [7, 11) is 0. The number of alkyl halides is 3. The van der Waals surface area contributed by atoms with Gasteiger partial charge in [-0.15, -0.1) is 0 Å². The number of ether oxygens (including phenoxy) is 1. The van der Waals surface area contributed by atoms with Gasteiger partial charge in [-0.3, -0.25) is 0 Å². The van der Waals surface area contributed by atoms with Crippen molar-refractivity contribution in [3.63, 3.8) is 0 Å². The molecule has 1 aliphatic rings. The Balaban J connectivity index is 2.41. The van der Waals surface area contributed by atoms with Gasteiger partial charge in [0.2, 0.25) is 0 Å². The van der Waals surface area contributed by atoms with E-state index in [-0.39, 0.29) is 12.2 Å². The van der Waals surface area contributed by atoms with Crippen LogP contribution in [0.4, 0.5) is 13.2 Å². The molecule has 0 aromatic heterocycles. The van der Waals surface area contributed by atoms with Crippen molar-refractivity contribution >= 4 is 0 Å². The lowest BCUT2D eigenvalue weighted by Crippen LogP contribution is -2.28. The van der Waals surface area contributed by atoms with Gasteiger partial charge in [0.15, 0.2) is 6.10 Å². The summed E-state index contributed by atoms with van der Waals surface area (Å²) in [4.78, 5) is 0. The van der Waals surface area contributed by atoms with Gasteiger partial charge in [-0.05, 0) is 17.5 Å². The maximum Gasteiger partial charge on any atom is 0.418 e. The number of hydrogen-bond acceptors (Lipinski definition) is 1. The van der Waals surface area contributed by atoms with Crippen LogP contribution in [0.15, 0.2) is 24.3 Å². The predicted octanol–water partition coefficient (Wildman–Crippen LogP) is 2.86. The normalized spacial score (nSPS) is 21.8. The first kappa shape index (κ1) is 9.52. The van der Waals surface area contributed by atoms with Crippen molar-refractivity contribution in [1.82, 2.24) is 0 Å². The summed E-state index contributed by atoms with van der Waals surface area (Å²) in [6.45, 7) is 0.140. The minimum absolute atomic E-state index is 0.140. The van der Waals surface area contributed by atoms with E-state index in [4.69, 9.17) is 4.74 Å². The monoisotopic (exact) mass is 202 g/mol. The highest BCUT2D eigenvalue weighted by Crippen LogP contribution is 2.39. The lowest BCUT2D eigenvalue weighted by Gasteiger charge is -2.27. The molecule has 1 unspecified atom stereocenters. The Morgan fingerprint density at radius 3 is 2.64 bits per heavy atom. The van der Waals surface area contributed by atoms with Gasteiger partial charge in [-0.2, -0.15) is 13.2 Å². The highest BCUT2D eigenvalue weighted by molar-refractivity contribution is 5.31. The van der Waals surface area contributed by atoms with Gasteiger partial charge < -0.3 is 4.74 Å². The molecule has 0 fully saturated rings. The van der Waals surface area contributed by atoms with Crippen LogP contribution in [0.2, 0.25) is 0 Å². The molecule has 0 aliphatic carbocycles. The smallest absolute Gasteiger partial charge is 0.364 e. The molecule has 76 valence electrons. The van der Waals surface area contributed by atoms with Gasteiger partial charge in [0.25, 0.3) is 0 Å². The van der Waals surface area contributed by atoms with Crippen molar-refractivity contribution in [1.29, 1.82) is 0 Å². The Hall–Kier alpha value is -1.03. The Morgan fingerprint density at radius 1 is 1.21 bits per heavy atom. The van der Waals surface area contributed by atoms with E-state index in [9.17, 15) is 13.2 Å². The van der Waals surface area contributed by atoms with Crippen LogP contribution < -0.4 is 0 Å². The quantitative estimate of drug-likeness (QED) is 0.628. The molecule has 1 aliphatic heterocycles. The third-order valence-corrected chi connectivity index (χ3v) is 2.29. The zero-order valence-corrected chi connectivity index (χ0v) is 7.34. The van der Waals surface area contributed by atoms with E-state index in [2.05, 4.69) is 0 Å². The predicted molar refractivity (Wildman–Crippen MR) is 44.9 cm³/mol. The summed E-state index contributed by atoms with van der Waals surface area (Å²) in [5, 5.41) is 0. The average molecular weight is 202 g/mol. The zero-order chi connectivity index (χ0) is 10.2. The lowest BCUT2D eigenvalue weighted by molar-refractivity contribution is -0.227. The molecular weight excluding hydrogens is 193 g/mol. The molecule has 4 heteroatoms. The molecule has 0 radical (unpaired) electrons. The summed E-state index contributed by atoms with van der Waals surface area (Å²) in [5.74, 6) is 0. The van der Waals surface area contributed by atoms with Crippen molar-refractivity contribution < 1.29 is 17.9 Å². The van der Waals surface area contributed by atoms with Crippen LogP contribution >= 0.6 is 0 Å². The summed E-state index contributed by atoms with van der Waals surface area (Å²) < 4.78 is 42.2. The molecule has 14 heavy (non-hydrogen) atoms. The second-order valence-corrected chi connectivity index (χ2v) is 3.24. The first-order valence-corrected chi connectivity index (χ1v) is 4.35.